The highest BCUT2D eigenvalue weighted by Crippen LogP contribution is 2.22. The molecular weight excluding hydrogens is 331 g/mol. The minimum atomic E-state index is -0.268. The molecular formula is C18H20ClFN2O2. The standard InChI is InChI=1S/C18H20ClFN2O2/c19-16-7-1-2-8-17(16)24-12-4-10-21-18(23)22-11-9-14-5-3-6-15(20)13-14/h1-3,5-8,13H,4,9-12H2,(H2,21,22,23). The molecule has 0 aliphatic heterocycles. The van der Waals surface area contributed by atoms with Crippen molar-refractivity contribution >= 4 is 17.6 Å². The van der Waals surface area contributed by atoms with Gasteiger partial charge in [0.25, 0.3) is 0 Å². The molecule has 2 aromatic rings. The number of urea groups is 1. The molecule has 2 rings (SSSR count). The van der Waals surface area contributed by atoms with Gasteiger partial charge in [-0.1, -0.05) is 35.9 Å². The molecule has 0 radical (unpaired) electrons. The fraction of sp³-hybridized carbons (Fsp3) is 0.278. The maximum absolute atomic E-state index is 13.0. The van der Waals surface area contributed by atoms with Crippen molar-refractivity contribution in [1.29, 1.82) is 0 Å². The topological polar surface area (TPSA) is 50.4 Å². The Morgan fingerprint density at radius 1 is 1.08 bits per heavy atom. The van der Waals surface area contributed by atoms with Crippen molar-refractivity contribution < 1.29 is 13.9 Å². The smallest absolute Gasteiger partial charge is 0.314 e. The van der Waals surface area contributed by atoms with Crippen LogP contribution in [-0.4, -0.2) is 25.7 Å². The summed E-state index contributed by atoms with van der Waals surface area (Å²) < 4.78 is 18.5. The summed E-state index contributed by atoms with van der Waals surface area (Å²) in [6.07, 6.45) is 1.25. The van der Waals surface area contributed by atoms with Crippen LogP contribution < -0.4 is 15.4 Å². The summed E-state index contributed by atoms with van der Waals surface area (Å²) in [7, 11) is 0. The third-order valence-corrected chi connectivity index (χ3v) is 3.60. The second kappa shape index (κ2) is 9.78. The Morgan fingerprint density at radius 2 is 1.88 bits per heavy atom. The number of nitrogens with one attached hydrogen (secondary N) is 2. The number of hydrogen-bond donors (Lipinski definition) is 2. The quantitative estimate of drug-likeness (QED) is 0.712. The Labute approximate surface area is 146 Å². The molecule has 0 bridgehead atoms. The second-order valence-corrected chi connectivity index (χ2v) is 5.60. The van der Waals surface area contributed by atoms with Gasteiger partial charge < -0.3 is 15.4 Å². The molecule has 6 heteroatoms. The van der Waals surface area contributed by atoms with E-state index in [4.69, 9.17) is 16.3 Å². The van der Waals surface area contributed by atoms with Gasteiger partial charge in [0.15, 0.2) is 0 Å². The predicted molar refractivity (Wildman–Crippen MR) is 93.1 cm³/mol. The Hall–Kier alpha value is -2.27. The summed E-state index contributed by atoms with van der Waals surface area (Å²) in [5.74, 6) is 0.370. The average molecular weight is 351 g/mol. The zero-order chi connectivity index (χ0) is 17.2. The fourth-order valence-electron chi connectivity index (χ4n) is 2.09. The van der Waals surface area contributed by atoms with Gasteiger partial charge in [0.2, 0.25) is 0 Å². The number of amides is 2. The van der Waals surface area contributed by atoms with E-state index in [1.165, 1.54) is 12.1 Å². The molecule has 0 aromatic heterocycles. The summed E-state index contributed by atoms with van der Waals surface area (Å²) >= 11 is 5.98. The molecule has 4 nitrogen and oxygen atoms in total. The first-order valence-corrected chi connectivity index (χ1v) is 8.16. The molecule has 0 fully saturated rings. The first-order chi connectivity index (χ1) is 11.6. The summed E-state index contributed by atoms with van der Waals surface area (Å²) in [5.41, 5.74) is 0.850. The molecule has 0 saturated carbocycles. The number of carbonyl (C=O) groups excluding carboxylic acids is 1. The number of ether oxygens (including phenoxy) is 1. The molecule has 0 unspecified atom stereocenters. The van der Waals surface area contributed by atoms with E-state index in [0.29, 0.717) is 43.3 Å². The van der Waals surface area contributed by atoms with Gasteiger partial charge in [0.1, 0.15) is 11.6 Å². The van der Waals surface area contributed by atoms with E-state index >= 15 is 0 Å². The molecule has 0 atom stereocenters. The first kappa shape index (κ1) is 18.1. The third-order valence-electron chi connectivity index (χ3n) is 3.29. The van der Waals surface area contributed by atoms with E-state index in [0.717, 1.165) is 5.56 Å². The van der Waals surface area contributed by atoms with Crippen LogP contribution in [0.1, 0.15) is 12.0 Å². The van der Waals surface area contributed by atoms with Gasteiger partial charge in [-0.3, -0.25) is 0 Å². The van der Waals surface area contributed by atoms with Crippen LogP contribution in [0.15, 0.2) is 48.5 Å². The summed E-state index contributed by atoms with van der Waals surface area (Å²) in [5, 5.41) is 6.05. The second-order valence-electron chi connectivity index (χ2n) is 5.20. The zero-order valence-electron chi connectivity index (χ0n) is 13.2. The number of para-hydroxylation sites is 1. The Kier molecular flexibility index (Phi) is 7.36. The van der Waals surface area contributed by atoms with Crippen LogP contribution in [0.25, 0.3) is 0 Å². The van der Waals surface area contributed by atoms with Crippen molar-refractivity contribution in [3.8, 4) is 5.75 Å². The van der Waals surface area contributed by atoms with Crippen LogP contribution in [0.4, 0.5) is 9.18 Å². The number of carbonyl (C=O) groups is 1. The number of halogens is 2. The van der Waals surface area contributed by atoms with Crippen LogP contribution in [0, 0.1) is 5.82 Å². The minimum Gasteiger partial charge on any atom is -0.492 e. The van der Waals surface area contributed by atoms with E-state index < -0.39 is 0 Å². The summed E-state index contributed by atoms with van der Waals surface area (Å²) in [6, 6.07) is 13.4. The van der Waals surface area contributed by atoms with Crippen molar-refractivity contribution in [3.05, 3.63) is 64.9 Å². The maximum atomic E-state index is 13.0. The molecule has 0 aliphatic carbocycles. The normalized spacial score (nSPS) is 10.2. The lowest BCUT2D eigenvalue weighted by molar-refractivity contribution is 0.239. The maximum Gasteiger partial charge on any atom is 0.314 e. The molecule has 0 spiro atoms. The van der Waals surface area contributed by atoms with Gasteiger partial charge in [-0.05, 0) is 42.7 Å². The molecule has 2 aromatic carbocycles. The Bertz CT molecular complexity index is 667. The van der Waals surface area contributed by atoms with E-state index in [-0.39, 0.29) is 11.8 Å². The van der Waals surface area contributed by atoms with E-state index in [9.17, 15) is 9.18 Å². The average Bonchev–Trinajstić information content (AvgIpc) is 2.56. The predicted octanol–water partition coefficient (Wildman–Crippen LogP) is 3.79. The van der Waals surface area contributed by atoms with Gasteiger partial charge >= 0.3 is 6.03 Å². The molecule has 0 heterocycles. The highest BCUT2D eigenvalue weighted by molar-refractivity contribution is 6.32. The molecule has 2 amide bonds. The SMILES string of the molecule is O=C(NCCCOc1ccccc1Cl)NCCc1cccc(F)c1. The molecule has 0 saturated heterocycles. The molecule has 128 valence electrons. The van der Waals surface area contributed by atoms with E-state index in [2.05, 4.69) is 10.6 Å². The van der Waals surface area contributed by atoms with Crippen molar-refractivity contribution in [1.82, 2.24) is 10.6 Å². The Morgan fingerprint density at radius 3 is 2.67 bits per heavy atom. The van der Waals surface area contributed by atoms with E-state index in [1.54, 1.807) is 18.2 Å². The molecule has 24 heavy (non-hydrogen) atoms. The van der Waals surface area contributed by atoms with Crippen molar-refractivity contribution in [2.24, 2.45) is 0 Å². The largest absolute Gasteiger partial charge is 0.492 e. The summed E-state index contributed by atoms with van der Waals surface area (Å²) in [6.45, 7) is 1.41. The van der Waals surface area contributed by atoms with Crippen LogP contribution in [0.2, 0.25) is 5.02 Å². The lowest BCUT2D eigenvalue weighted by Gasteiger charge is -2.09. The lowest BCUT2D eigenvalue weighted by atomic mass is 10.1. The van der Waals surface area contributed by atoms with E-state index in [1.807, 2.05) is 18.2 Å². The van der Waals surface area contributed by atoms with Crippen LogP contribution in [-0.2, 0) is 6.42 Å². The van der Waals surface area contributed by atoms with Gasteiger partial charge in [-0.15, -0.1) is 0 Å². The van der Waals surface area contributed by atoms with Gasteiger partial charge in [-0.25, -0.2) is 9.18 Å². The number of benzene rings is 2. The van der Waals surface area contributed by atoms with Gasteiger partial charge in [-0.2, -0.15) is 0 Å². The number of hydrogen-bond acceptors (Lipinski definition) is 2. The fourth-order valence-corrected chi connectivity index (χ4v) is 2.28. The molecule has 0 aliphatic rings. The third kappa shape index (κ3) is 6.46. The van der Waals surface area contributed by atoms with Crippen molar-refractivity contribution in [2.75, 3.05) is 19.7 Å². The zero-order valence-corrected chi connectivity index (χ0v) is 14.0. The molecule has 2 N–H and O–H groups in total. The Balaban J connectivity index is 1.54. The van der Waals surface area contributed by atoms with Crippen LogP contribution in [0.3, 0.4) is 0 Å². The van der Waals surface area contributed by atoms with Gasteiger partial charge in [0.05, 0.1) is 11.6 Å². The van der Waals surface area contributed by atoms with Crippen LogP contribution >= 0.6 is 11.6 Å². The minimum absolute atomic E-state index is 0.246. The highest BCUT2D eigenvalue weighted by atomic mass is 35.5. The lowest BCUT2D eigenvalue weighted by Crippen LogP contribution is -2.37. The number of rotatable bonds is 8. The van der Waals surface area contributed by atoms with Gasteiger partial charge in [0, 0.05) is 13.1 Å². The van der Waals surface area contributed by atoms with Crippen LogP contribution in [0.5, 0.6) is 5.75 Å². The van der Waals surface area contributed by atoms with Crippen molar-refractivity contribution in [2.45, 2.75) is 12.8 Å². The monoisotopic (exact) mass is 350 g/mol. The first-order valence-electron chi connectivity index (χ1n) is 7.78. The van der Waals surface area contributed by atoms with Crippen molar-refractivity contribution in [3.63, 3.8) is 0 Å². The summed E-state index contributed by atoms with van der Waals surface area (Å²) in [4.78, 5) is 11.6. The highest BCUT2D eigenvalue weighted by Gasteiger charge is 2.02.